The van der Waals surface area contributed by atoms with Gasteiger partial charge in [0.15, 0.2) is 0 Å². The fraction of sp³-hybridized carbons (Fsp3) is 0.833. The molecule has 1 aliphatic carbocycles. The summed E-state index contributed by atoms with van der Waals surface area (Å²) in [7, 11) is 1.39. The zero-order valence-corrected chi connectivity index (χ0v) is 10.8. The van der Waals surface area contributed by atoms with Crippen LogP contribution in [0, 0.1) is 5.92 Å². The summed E-state index contributed by atoms with van der Waals surface area (Å²) in [6, 6.07) is -0.0887. The number of hydrogen-bond donors (Lipinski definition) is 2. The van der Waals surface area contributed by atoms with Crippen LogP contribution >= 0.6 is 0 Å². The third-order valence-electron chi connectivity index (χ3n) is 2.71. The maximum atomic E-state index is 11.5. The predicted molar refractivity (Wildman–Crippen MR) is 64.4 cm³/mol. The summed E-state index contributed by atoms with van der Waals surface area (Å²) < 4.78 is 4.73. The van der Waals surface area contributed by atoms with Gasteiger partial charge >= 0.3 is 5.97 Å². The van der Waals surface area contributed by atoms with Gasteiger partial charge in [0, 0.05) is 19.0 Å². The molecule has 0 saturated heterocycles. The average molecular weight is 242 g/mol. The summed E-state index contributed by atoms with van der Waals surface area (Å²) in [5.41, 5.74) is 0. The van der Waals surface area contributed by atoms with Gasteiger partial charge in [-0.25, -0.2) is 0 Å². The van der Waals surface area contributed by atoms with Crippen molar-refractivity contribution >= 4 is 11.9 Å². The van der Waals surface area contributed by atoms with Gasteiger partial charge in [0.2, 0.25) is 5.91 Å². The van der Waals surface area contributed by atoms with E-state index in [1.54, 1.807) is 0 Å². The van der Waals surface area contributed by atoms with E-state index in [1.165, 1.54) is 7.11 Å². The smallest absolute Gasteiger partial charge is 0.323 e. The molecule has 98 valence electrons. The molecule has 0 spiro atoms. The van der Waals surface area contributed by atoms with Crippen molar-refractivity contribution in [1.82, 2.24) is 10.6 Å². The van der Waals surface area contributed by atoms with Crippen LogP contribution in [0.5, 0.6) is 0 Å². The van der Waals surface area contributed by atoms with E-state index in [-0.39, 0.29) is 24.0 Å². The highest BCUT2D eigenvalue weighted by Gasteiger charge is 2.36. The predicted octanol–water partition coefficient (Wildman–Crippen LogP) is 0.442. The highest BCUT2D eigenvalue weighted by Crippen LogP contribution is 2.33. The van der Waals surface area contributed by atoms with Gasteiger partial charge in [-0.2, -0.15) is 0 Å². The quantitative estimate of drug-likeness (QED) is 0.636. The van der Waals surface area contributed by atoms with E-state index in [9.17, 15) is 9.59 Å². The van der Waals surface area contributed by atoms with E-state index in [2.05, 4.69) is 10.6 Å². The first kappa shape index (κ1) is 14.0. The van der Waals surface area contributed by atoms with Crippen molar-refractivity contribution in [2.75, 3.05) is 13.7 Å². The van der Waals surface area contributed by atoms with E-state index in [0.717, 1.165) is 12.8 Å². The van der Waals surface area contributed by atoms with Gasteiger partial charge in [-0.3, -0.25) is 9.59 Å². The largest absolute Gasteiger partial charge is 0.468 e. The number of amides is 1. The molecule has 0 aromatic rings. The Hall–Kier alpha value is -1.10. The third kappa shape index (κ3) is 5.17. The van der Waals surface area contributed by atoms with Gasteiger partial charge in [0.25, 0.3) is 0 Å². The molecule has 17 heavy (non-hydrogen) atoms. The summed E-state index contributed by atoms with van der Waals surface area (Å²) in [5.74, 6) is 0.166. The Balaban J connectivity index is 2.23. The highest BCUT2D eigenvalue weighted by molar-refractivity contribution is 5.77. The molecular weight excluding hydrogens is 220 g/mol. The standard InChI is InChI=1S/C12H22N2O3/c1-8(2)14-10(15)6-7-13-11(9-4-5-9)12(16)17-3/h8-9,11,13H,4-7H2,1-3H3,(H,14,15). The molecule has 0 aromatic carbocycles. The van der Waals surface area contributed by atoms with E-state index in [4.69, 9.17) is 4.74 Å². The number of carbonyl (C=O) groups is 2. The molecule has 1 rings (SSSR count). The number of nitrogens with one attached hydrogen (secondary N) is 2. The van der Waals surface area contributed by atoms with Crippen molar-refractivity contribution in [2.45, 2.75) is 45.2 Å². The molecule has 2 N–H and O–H groups in total. The zero-order chi connectivity index (χ0) is 12.8. The second kappa shape index (κ2) is 6.59. The molecular formula is C12H22N2O3. The molecule has 1 fully saturated rings. The minimum Gasteiger partial charge on any atom is -0.468 e. The van der Waals surface area contributed by atoms with E-state index < -0.39 is 0 Å². The fourth-order valence-corrected chi connectivity index (χ4v) is 1.73. The molecule has 0 bridgehead atoms. The topological polar surface area (TPSA) is 67.4 Å². The molecule has 0 radical (unpaired) electrons. The Morgan fingerprint density at radius 3 is 2.47 bits per heavy atom. The molecule has 1 amide bonds. The van der Waals surface area contributed by atoms with Crippen LogP contribution in [0.1, 0.15) is 33.1 Å². The van der Waals surface area contributed by atoms with Crippen molar-refractivity contribution in [3.63, 3.8) is 0 Å². The number of carbonyl (C=O) groups excluding carboxylic acids is 2. The number of esters is 1. The number of rotatable bonds is 7. The monoisotopic (exact) mass is 242 g/mol. The minimum atomic E-state index is -0.244. The lowest BCUT2D eigenvalue weighted by molar-refractivity contribution is -0.143. The second-order valence-electron chi connectivity index (χ2n) is 4.76. The van der Waals surface area contributed by atoms with Gasteiger partial charge in [-0.1, -0.05) is 0 Å². The summed E-state index contributed by atoms with van der Waals surface area (Å²) in [5, 5.41) is 5.91. The third-order valence-corrected chi connectivity index (χ3v) is 2.71. The first-order valence-corrected chi connectivity index (χ1v) is 6.15. The lowest BCUT2D eigenvalue weighted by Crippen LogP contribution is -2.41. The lowest BCUT2D eigenvalue weighted by atomic mass is 10.2. The molecule has 5 heteroatoms. The van der Waals surface area contributed by atoms with Gasteiger partial charge in [-0.15, -0.1) is 0 Å². The van der Waals surface area contributed by atoms with Crippen LogP contribution in [0.3, 0.4) is 0 Å². The van der Waals surface area contributed by atoms with Crippen molar-refractivity contribution in [3.8, 4) is 0 Å². The Kier molecular flexibility index (Phi) is 5.41. The summed E-state index contributed by atoms with van der Waals surface area (Å²) in [4.78, 5) is 22.9. The zero-order valence-electron chi connectivity index (χ0n) is 10.8. The Morgan fingerprint density at radius 1 is 1.35 bits per heavy atom. The lowest BCUT2D eigenvalue weighted by Gasteiger charge is -2.15. The van der Waals surface area contributed by atoms with Crippen molar-refractivity contribution in [1.29, 1.82) is 0 Å². The van der Waals surface area contributed by atoms with Gasteiger partial charge in [0.05, 0.1) is 7.11 Å². The van der Waals surface area contributed by atoms with Gasteiger partial charge in [-0.05, 0) is 32.6 Å². The number of methoxy groups -OCH3 is 1. The van der Waals surface area contributed by atoms with Crippen LogP contribution < -0.4 is 10.6 Å². The molecule has 1 unspecified atom stereocenters. The SMILES string of the molecule is COC(=O)C(NCCC(=O)NC(C)C)C1CC1. The van der Waals surface area contributed by atoms with Crippen LogP contribution in [0.4, 0.5) is 0 Å². The maximum absolute atomic E-state index is 11.5. The first-order chi connectivity index (χ1) is 8.04. The van der Waals surface area contributed by atoms with Crippen molar-refractivity contribution in [3.05, 3.63) is 0 Å². The normalized spacial score (nSPS) is 16.7. The molecule has 1 saturated carbocycles. The van der Waals surface area contributed by atoms with Crippen LogP contribution in [0.25, 0.3) is 0 Å². The number of ether oxygens (including phenoxy) is 1. The van der Waals surface area contributed by atoms with E-state index in [0.29, 0.717) is 18.9 Å². The Labute approximate surface area is 102 Å². The molecule has 0 aromatic heterocycles. The van der Waals surface area contributed by atoms with Crippen molar-refractivity contribution < 1.29 is 14.3 Å². The highest BCUT2D eigenvalue weighted by atomic mass is 16.5. The molecule has 1 atom stereocenters. The van der Waals surface area contributed by atoms with Crippen LogP contribution in [-0.4, -0.2) is 37.6 Å². The van der Waals surface area contributed by atoms with Gasteiger partial charge in [0.1, 0.15) is 6.04 Å². The van der Waals surface area contributed by atoms with E-state index in [1.807, 2.05) is 13.8 Å². The maximum Gasteiger partial charge on any atom is 0.323 e. The summed E-state index contributed by atoms with van der Waals surface area (Å²) in [6.45, 7) is 4.36. The molecule has 5 nitrogen and oxygen atoms in total. The van der Waals surface area contributed by atoms with Crippen LogP contribution in [0.15, 0.2) is 0 Å². The van der Waals surface area contributed by atoms with Crippen LogP contribution in [0.2, 0.25) is 0 Å². The van der Waals surface area contributed by atoms with Crippen LogP contribution in [-0.2, 0) is 14.3 Å². The molecule has 0 heterocycles. The average Bonchev–Trinajstić information content (AvgIpc) is 3.06. The summed E-state index contributed by atoms with van der Waals surface area (Å²) in [6.07, 6.45) is 2.51. The Bertz CT molecular complexity index is 275. The first-order valence-electron chi connectivity index (χ1n) is 6.15. The number of hydrogen-bond acceptors (Lipinski definition) is 4. The molecule has 0 aliphatic heterocycles. The summed E-state index contributed by atoms with van der Waals surface area (Å²) >= 11 is 0. The minimum absolute atomic E-state index is 0.00640. The van der Waals surface area contributed by atoms with E-state index >= 15 is 0 Å². The Morgan fingerprint density at radius 2 is 2.00 bits per heavy atom. The fourth-order valence-electron chi connectivity index (χ4n) is 1.73. The van der Waals surface area contributed by atoms with Gasteiger partial charge < -0.3 is 15.4 Å². The second-order valence-corrected chi connectivity index (χ2v) is 4.76. The molecule has 1 aliphatic rings. The van der Waals surface area contributed by atoms with Crippen molar-refractivity contribution in [2.24, 2.45) is 5.92 Å².